The molecule has 0 aromatic carbocycles. The number of nitrogens with one attached hydrogen (secondary N) is 1. The molecule has 2 rings (SSSR count). The number of nitrogens with zero attached hydrogens (tertiary/aromatic N) is 1. The lowest BCUT2D eigenvalue weighted by atomic mass is 9.74. The summed E-state index contributed by atoms with van der Waals surface area (Å²) >= 11 is 0. The van der Waals surface area contributed by atoms with E-state index in [2.05, 4.69) is 45.0 Å². The SMILES string of the molecule is CNC1CCC(C(C)C)CC1N1CCCC(C)(C)C1. The number of rotatable bonds is 3. The van der Waals surface area contributed by atoms with Crippen LogP contribution in [0.3, 0.4) is 0 Å². The molecule has 1 N–H and O–H groups in total. The van der Waals surface area contributed by atoms with Gasteiger partial charge in [-0.05, 0) is 62.9 Å². The molecule has 0 aromatic rings. The van der Waals surface area contributed by atoms with E-state index in [1.807, 2.05) is 0 Å². The van der Waals surface area contributed by atoms with Crippen molar-refractivity contribution in [3.63, 3.8) is 0 Å². The minimum Gasteiger partial charge on any atom is -0.315 e. The lowest BCUT2D eigenvalue weighted by Gasteiger charge is -2.48. The standard InChI is InChI=1S/C17H34N2/c1-13(2)14-7-8-15(18-5)16(11-14)19-10-6-9-17(3,4)12-19/h13-16,18H,6-12H2,1-5H3. The molecule has 3 atom stereocenters. The number of likely N-dealkylation sites (tertiary alicyclic amines) is 1. The Morgan fingerprint density at radius 2 is 1.95 bits per heavy atom. The van der Waals surface area contributed by atoms with Crippen molar-refractivity contribution < 1.29 is 0 Å². The Balaban J connectivity index is 2.05. The fraction of sp³-hybridized carbons (Fsp3) is 1.00. The van der Waals surface area contributed by atoms with E-state index in [9.17, 15) is 0 Å². The number of piperidine rings is 1. The molecular weight excluding hydrogens is 232 g/mol. The average Bonchev–Trinajstić information content (AvgIpc) is 2.36. The highest BCUT2D eigenvalue weighted by Gasteiger charge is 2.38. The molecule has 2 nitrogen and oxygen atoms in total. The minimum atomic E-state index is 0.515. The highest BCUT2D eigenvalue weighted by Crippen LogP contribution is 2.36. The maximum atomic E-state index is 3.60. The second-order valence-electron chi connectivity index (χ2n) is 8.02. The Morgan fingerprint density at radius 3 is 2.53 bits per heavy atom. The molecular formula is C17H34N2. The Hall–Kier alpha value is -0.0800. The van der Waals surface area contributed by atoms with E-state index in [0.717, 1.165) is 17.9 Å². The van der Waals surface area contributed by atoms with Crippen LogP contribution in [0.15, 0.2) is 0 Å². The summed E-state index contributed by atoms with van der Waals surface area (Å²) in [5.41, 5.74) is 0.515. The van der Waals surface area contributed by atoms with Crippen LogP contribution in [0.2, 0.25) is 0 Å². The third kappa shape index (κ3) is 3.72. The van der Waals surface area contributed by atoms with Gasteiger partial charge in [0.1, 0.15) is 0 Å². The zero-order chi connectivity index (χ0) is 14.0. The fourth-order valence-electron chi connectivity index (χ4n) is 4.28. The first-order chi connectivity index (χ1) is 8.93. The summed E-state index contributed by atoms with van der Waals surface area (Å²) in [5, 5.41) is 3.60. The van der Waals surface area contributed by atoms with Gasteiger partial charge in [-0.3, -0.25) is 4.90 Å². The van der Waals surface area contributed by atoms with Gasteiger partial charge in [-0.15, -0.1) is 0 Å². The van der Waals surface area contributed by atoms with Crippen LogP contribution in [0.25, 0.3) is 0 Å². The van der Waals surface area contributed by atoms with Gasteiger partial charge >= 0.3 is 0 Å². The van der Waals surface area contributed by atoms with Crippen LogP contribution in [0.1, 0.15) is 59.8 Å². The lowest BCUT2D eigenvalue weighted by Crippen LogP contribution is -2.56. The lowest BCUT2D eigenvalue weighted by molar-refractivity contribution is 0.0275. The molecule has 0 aromatic heterocycles. The fourth-order valence-corrected chi connectivity index (χ4v) is 4.28. The average molecular weight is 266 g/mol. The second-order valence-corrected chi connectivity index (χ2v) is 8.02. The Morgan fingerprint density at radius 1 is 1.21 bits per heavy atom. The molecule has 0 amide bonds. The van der Waals surface area contributed by atoms with Crippen molar-refractivity contribution in [1.82, 2.24) is 10.2 Å². The molecule has 1 saturated heterocycles. The number of hydrogen-bond acceptors (Lipinski definition) is 2. The van der Waals surface area contributed by atoms with Gasteiger partial charge in [0.25, 0.3) is 0 Å². The van der Waals surface area contributed by atoms with Gasteiger partial charge in [0.2, 0.25) is 0 Å². The highest BCUT2D eigenvalue weighted by molar-refractivity contribution is 4.94. The Kier molecular flexibility index (Phi) is 4.94. The Labute approximate surface area is 120 Å². The van der Waals surface area contributed by atoms with E-state index < -0.39 is 0 Å². The summed E-state index contributed by atoms with van der Waals surface area (Å²) in [6.07, 6.45) is 6.96. The van der Waals surface area contributed by atoms with Gasteiger partial charge in [-0.1, -0.05) is 27.7 Å². The zero-order valence-corrected chi connectivity index (χ0v) is 13.7. The van der Waals surface area contributed by atoms with Gasteiger partial charge in [0, 0.05) is 18.6 Å². The first kappa shape index (κ1) is 15.3. The van der Waals surface area contributed by atoms with Crippen LogP contribution in [0.4, 0.5) is 0 Å². The van der Waals surface area contributed by atoms with Crippen molar-refractivity contribution in [1.29, 1.82) is 0 Å². The molecule has 0 bridgehead atoms. The first-order valence-corrected chi connectivity index (χ1v) is 8.34. The van der Waals surface area contributed by atoms with Gasteiger partial charge in [0.15, 0.2) is 0 Å². The highest BCUT2D eigenvalue weighted by atomic mass is 15.2. The molecule has 1 aliphatic carbocycles. The summed E-state index contributed by atoms with van der Waals surface area (Å²) in [7, 11) is 2.16. The molecule has 0 radical (unpaired) electrons. The van der Waals surface area contributed by atoms with Crippen LogP contribution >= 0.6 is 0 Å². The largest absolute Gasteiger partial charge is 0.315 e. The third-order valence-electron chi connectivity index (χ3n) is 5.57. The van der Waals surface area contributed by atoms with Crippen LogP contribution in [-0.4, -0.2) is 37.1 Å². The topological polar surface area (TPSA) is 15.3 Å². The van der Waals surface area contributed by atoms with Crippen LogP contribution in [-0.2, 0) is 0 Å². The number of hydrogen-bond donors (Lipinski definition) is 1. The van der Waals surface area contributed by atoms with E-state index >= 15 is 0 Å². The quantitative estimate of drug-likeness (QED) is 0.841. The van der Waals surface area contributed by atoms with Crippen molar-refractivity contribution in [2.24, 2.45) is 17.3 Å². The second kappa shape index (κ2) is 6.13. The summed E-state index contributed by atoms with van der Waals surface area (Å²) in [4.78, 5) is 2.80. The Bertz CT molecular complexity index is 285. The molecule has 2 heteroatoms. The molecule has 3 unspecified atom stereocenters. The van der Waals surface area contributed by atoms with E-state index in [1.165, 1.54) is 45.2 Å². The predicted molar refractivity (Wildman–Crippen MR) is 83.4 cm³/mol. The minimum absolute atomic E-state index is 0.515. The van der Waals surface area contributed by atoms with Gasteiger partial charge in [-0.25, -0.2) is 0 Å². The third-order valence-corrected chi connectivity index (χ3v) is 5.57. The molecule has 2 aliphatic rings. The van der Waals surface area contributed by atoms with E-state index in [1.54, 1.807) is 0 Å². The van der Waals surface area contributed by atoms with Gasteiger partial charge < -0.3 is 5.32 Å². The maximum Gasteiger partial charge on any atom is 0.0252 e. The number of likely N-dealkylation sites (N-methyl/N-ethyl adjacent to an activating group) is 1. The van der Waals surface area contributed by atoms with Crippen LogP contribution in [0, 0.1) is 17.3 Å². The van der Waals surface area contributed by atoms with Gasteiger partial charge in [-0.2, -0.15) is 0 Å². The monoisotopic (exact) mass is 266 g/mol. The van der Waals surface area contributed by atoms with Gasteiger partial charge in [0.05, 0.1) is 0 Å². The molecule has 1 heterocycles. The van der Waals surface area contributed by atoms with Crippen molar-refractivity contribution in [3.05, 3.63) is 0 Å². The van der Waals surface area contributed by atoms with E-state index in [-0.39, 0.29) is 0 Å². The molecule has 1 aliphatic heterocycles. The summed E-state index contributed by atoms with van der Waals surface area (Å²) < 4.78 is 0. The van der Waals surface area contributed by atoms with Crippen molar-refractivity contribution in [3.8, 4) is 0 Å². The van der Waals surface area contributed by atoms with E-state index in [0.29, 0.717) is 11.5 Å². The van der Waals surface area contributed by atoms with Crippen molar-refractivity contribution in [2.75, 3.05) is 20.1 Å². The van der Waals surface area contributed by atoms with Crippen molar-refractivity contribution >= 4 is 0 Å². The van der Waals surface area contributed by atoms with E-state index in [4.69, 9.17) is 0 Å². The maximum absolute atomic E-state index is 3.60. The molecule has 112 valence electrons. The summed E-state index contributed by atoms with van der Waals surface area (Å²) in [6.45, 7) is 12.3. The molecule has 19 heavy (non-hydrogen) atoms. The normalized spacial score (nSPS) is 36.6. The van der Waals surface area contributed by atoms with Crippen molar-refractivity contribution in [2.45, 2.75) is 71.9 Å². The molecule has 2 fully saturated rings. The molecule has 1 saturated carbocycles. The summed E-state index contributed by atoms with van der Waals surface area (Å²) in [5.74, 6) is 1.78. The smallest absolute Gasteiger partial charge is 0.0252 e. The van der Waals surface area contributed by atoms with Crippen LogP contribution < -0.4 is 5.32 Å². The van der Waals surface area contributed by atoms with Crippen LogP contribution in [0.5, 0.6) is 0 Å². The first-order valence-electron chi connectivity index (χ1n) is 8.34. The predicted octanol–water partition coefficient (Wildman–Crippen LogP) is 3.52. The zero-order valence-electron chi connectivity index (χ0n) is 13.7. The molecule has 0 spiro atoms. The summed E-state index contributed by atoms with van der Waals surface area (Å²) in [6, 6.07) is 1.48.